The summed E-state index contributed by atoms with van der Waals surface area (Å²) >= 11 is 1.93. The molecule has 0 amide bonds. The van der Waals surface area contributed by atoms with E-state index in [1.165, 1.54) is 18.4 Å². The third-order valence-electron chi connectivity index (χ3n) is 3.21. The molecule has 92 valence electrons. The predicted octanol–water partition coefficient (Wildman–Crippen LogP) is 1.66. The first-order valence-electron chi connectivity index (χ1n) is 6.25. The van der Waals surface area contributed by atoms with Gasteiger partial charge in [0.1, 0.15) is 0 Å². The third kappa shape index (κ3) is 2.83. The number of thioether (sulfide) groups is 1. The van der Waals surface area contributed by atoms with E-state index >= 15 is 0 Å². The molecule has 1 aliphatic heterocycles. The van der Waals surface area contributed by atoms with E-state index in [0.717, 1.165) is 36.0 Å². The molecule has 3 rings (SSSR count). The quantitative estimate of drug-likeness (QED) is 0.883. The zero-order valence-corrected chi connectivity index (χ0v) is 10.9. The first kappa shape index (κ1) is 11.1. The van der Waals surface area contributed by atoms with Crippen LogP contribution in [0.2, 0.25) is 0 Å². The second-order valence-corrected chi connectivity index (χ2v) is 6.08. The van der Waals surface area contributed by atoms with E-state index in [9.17, 15) is 0 Å². The highest BCUT2D eigenvalue weighted by Crippen LogP contribution is 2.41. The van der Waals surface area contributed by atoms with Crippen LogP contribution in [0, 0.1) is 12.8 Å². The number of rotatable bonds is 4. The summed E-state index contributed by atoms with van der Waals surface area (Å²) in [6.45, 7) is 4.89. The molecule has 4 nitrogen and oxygen atoms in total. The second-order valence-electron chi connectivity index (χ2n) is 4.85. The van der Waals surface area contributed by atoms with Crippen LogP contribution >= 0.6 is 11.8 Å². The summed E-state index contributed by atoms with van der Waals surface area (Å²) < 4.78 is 1.97. The summed E-state index contributed by atoms with van der Waals surface area (Å²) in [6, 6.07) is 0. The largest absolute Gasteiger partial charge is 0.363 e. The van der Waals surface area contributed by atoms with E-state index in [2.05, 4.69) is 28.5 Å². The number of nitrogens with zero attached hydrogens (tertiary/aromatic N) is 3. The van der Waals surface area contributed by atoms with Gasteiger partial charge in [0.25, 0.3) is 0 Å². The summed E-state index contributed by atoms with van der Waals surface area (Å²) in [5.74, 6) is 0.941. The van der Waals surface area contributed by atoms with Crippen molar-refractivity contribution in [3.05, 3.63) is 18.0 Å². The Morgan fingerprint density at radius 1 is 1.53 bits per heavy atom. The summed E-state index contributed by atoms with van der Waals surface area (Å²) in [7, 11) is 0. The van der Waals surface area contributed by atoms with Crippen LogP contribution in [0.1, 0.15) is 18.4 Å². The molecule has 2 aliphatic rings. The molecule has 0 saturated heterocycles. The van der Waals surface area contributed by atoms with E-state index < -0.39 is 0 Å². The molecule has 1 N–H and O–H groups in total. The number of amidine groups is 1. The van der Waals surface area contributed by atoms with Crippen molar-refractivity contribution in [2.75, 3.05) is 13.1 Å². The third-order valence-corrected chi connectivity index (χ3v) is 4.54. The smallest absolute Gasteiger partial charge is 0.156 e. The Hall–Kier alpha value is -0.970. The van der Waals surface area contributed by atoms with Gasteiger partial charge in [0.15, 0.2) is 5.17 Å². The van der Waals surface area contributed by atoms with Crippen molar-refractivity contribution < 1.29 is 0 Å². The Morgan fingerprint density at radius 3 is 3.12 bits per heavy atom. The van der Waals surface area contributed by atoms with Gasteiger partial charge >= 0.3 is 0 Å². The number of nitrogens with one attached hydrogen (secondary N) is 1. The van der Waals surface area contributed by atoms with Crippen LogP contribution in [0.15, 0.2) is 17.4 Å². The first-order valence-corrected chi connectivity index (χ1v) is 7.13. The van der Waals surface area contributed by atoms with Crippen molar-refractivity contribution in [1.29, 1.82) is 0 Å². The fraction of sp³-hybridized carbons (Fsp3) is 0.667. The lowest BCUT2D eigenvalue weighted by Gasteiger charge is -2.07. The van der Waals surface area contributed by atoms with Crippen LogP contribution in [-0.4, -0.2) is 33.3 Å². The summed E-state index contributed by atoms with van der Waals surface area (Å²) in [4.78, 5) is 4.55. The molecule has 0 spiro atoms. The molecule has 1 aromatic heterocycles. The maximum Gasteiger partial charge on any atom is 0.156 e. The molecule has 0 radical (unpaired) electrons. The first-order chi connectivity index (χ1) is 8.31. The molecule has 1 atom stereocenters. The van der Waals surface area contributed by atoms with Gasteiger partial charge in [-0.15, -0.1) is 0 Å². The maximum absolute atomic E-state index is 4.55. The average molecular weight is 250 g/mol. The Bertz CT molecular complexity index is 422. The standard InChI is InChI=1S/C12H18N4S/c1-9-6-15-16(8-9)5-4-13-12-14-7-11(17-12)10-2-3-10/h6,8,10-11H,2-5,7H2,1H3,(H,13,14). The fourth-order valence-corrected chi connectivity index (χ4v) is 3.30. The molecular weight excluding hydrogens is 232 g/mol. The zero-order chi connectivity index (χ0) is 11.7. The molecule has 1 fully saturated rings. The van der Waals surface area contributed by atoms with Gasteiger partial charge < -0.3 is 5.32 Å². The molecule has 2 heterocycles. The Kier molecular flexibility index (Phi) is 3.09. The van der Waals surface area contributed by atoms with E-state index in [-0.39, 0.29) is 0 Å². The van der Waals surface area contributed by atoms with Gasteiger partial charge in [-0.2, -0.15) is 5.10 Å². The molecule has 1 saturated carbocycles. The Morgan fingerprint density at radius 2 is 2.41 bits per heavy atom. The highest BCUT2D eigenvalue weighted by molar-refractivity contribution is 8.14. The summed E-state index contributed by atoms with van der Waals surface area (Å²) in [6.07, 6.45) is 6.78. The SMILES string of the molecule is Cc1cnn(CCNC2=NCC(C3CC3)S2)c1. The maximum atomic E-state index is 4.55. The van der Waals surface area contributed by atoms with Crippen molar-refractivity contribution in [3.8, 4) is 0 Å². The van der Waals surface area contributed by atoms with Crippen molar-refractivity contribution in [2.24, 2.45) is 10.9 Å². The highest BCUT2D eigenvalue weighted by Gasteiger charge is 2.35. The van der Waals surface area contributed by atoms with Crippen LogP contribution in [0.25, 0.3) is 0 Å². The molecule has 1 unspecified atom stereocenters. The van der Waals surface area contributed by atoms with Crippen molar-refractivity contribution in [1.82, 2.24) is 15.1 Å². The molecule has 17 heavy (non-hydrogen) atoms. The lowest BCUT2D eigenvalue weighted by atomic mass is 10.3. The van der Waals surface area contributed by atoms with Gasteiger partial charge in [0.05, 0.1) is 19.3 Å². The minimum atomic E-state index is 0.754. The second kappa shape index (κ2) is 4.72. The van der Waals surface area contributed by atoms with Crippen molar-refractivity contribution in [2.45, 2.75) is 31.6 Å². The number of aromatic nitrogens is 2. The van der Waals surface area contributed by atoms with Crippen LogP contribution in [0.5, 0.6) is 0 Å². The van der Waals surface area contributed by atoms with E-state index in [1.54, 1.807) is 0 Å². The molecule has 5 heteroatoms. The van der Waals surface area contributed by atoms with Crippen molar-refractivity contribution >= 4 is 16.9 Å². The minimum absolute atomic E-state index is 0.754. The fourth-order valence-electron chi connectivity index (χ4n) is 2.07. The predicted molar refractivity (Wildman–Crippen MR) is 71.4 cm³/mol. The van der Waals surface area contributed by atoms with Crippen LogP contribution in [0.4, 0.5) is 0 Å². The number of aliphatic imine (C=N–C) groups is 1. The molecule has 0 bridgehead atoms. The Labute approximate surface area is 106 Å². The van der Waals surface area contributed by atoms with Crippen LogP contribution in [0.3, 0.4) is 0 Å². The molecule has 1 aromatic rings. The molecule has 0 aromatic carbocycles. The number of aryl methyl sites for hydroxylation is 1. The van der Waals surface area contributed by atoms with Crippen molar-refractivity contribution in [3.63, 3.8) is 0 Å². The average Bonchev–Trinajstić information content (AvgIpc) is 2.93. The van der Waals surface area contributed by atoms with Gasteiger partial charge in [-0.25, -0.2) is 0 Å². The zero-order valence-electron chi connectivity index (χ0n) is 10.1. The van der Waals surface area contributed by atoms with E-state index in [1.807, 2.05) is 22.6 Å². The van der Waals surface area contributed by atoms with Gasteiger partial charge in [-0.1, -0.05) is 11.8 Å². The highest BCUT2D eigenvalue weighted by atomic mass is 32.2. The number of hydrogen-bond acceptors (Lipinski definition) is 4. The summed E-state index contributed by atoms with van der Waals surface area (Å²) in [5.41, 5.74) is 1.21. The normalized spacial score (nSPS) is 23.8. The lowest BCUT2D eigenvalue weighted by Crippen LogP contribution is -2.24. The van der Waals surface area contributed by atoms with Crippen LogP contribution < -0.4 is 5.32 Å². The van der Waals surface area contributed by atoms with Gasteiger partial charge in [-0.05, 0) is 31.2 Å². The van der Waals surface area contributed by atoms with Gasteiger partial charge in [-0.3, -0.25) is 9.67 Å². The number of hydrogen-bond donors (Lipinski definition) is 1. The van der Waals surface area contributed by atoms with E-state index in [0.29, 0.717) is 0 Å². The summed E-state index contributed by atoms with van der Waals surface area (Å²) in [5, 5.41) is 9.55. The topological polar surface area (TPSA) is 42.2 Å². The van der Waals surface area contributed by atoms with Gasteiger partial charge in [0.2, 0.25) is 0 Å². The molecule has 1 aliphatic carbocycles. The minimum Gasteiger partial charge on any atom is -0.363 e. The Balaban J connectivity index is 1.40. The lowest BCUT2D eigenvalue weighted by molar-refractivity contribution is 0.604. The molecular formula is C12H18N4S. The van der Waals surface area contributed by atoms with Crippen LogP contribution in [-0.2, 0) is 6.54 Å². The van der Waals surface area contributed by atoms with Gasteiger partial charge in [0, 0.05) is 18.0 Å². The monoisotopic (exact) mass is 250 g/mol. The van der Waals surface area contributed by atoms with E-state index in [4.69, 9.17) is 0 Å².